The number of aliphatic hydroxyl groups excluding tert-OH is 4. The molecule has 0 bridgehead atoms. The molecule has 1 aliphatic heterocycles. The summed E-state index contributed by atoms with van der Waals surface area (Å²) < 4.78 is 4.85. The lowest BCUT2D eigenvalue weighted by atomic mass is 9.97. The molecule has 1 aliphatic rings. The Labute approximate surface area is 75.8 Å². The predicted molar refractivity (Wildman–Crippen MR) is 42.8 cm³/mol. The highest BCUT2D eigenvalue weighted by Crippen LogP contribution is 2.18. The van der Waals surface area contributed by atoms with Gasteiger partial charge in [0.2, 0.25) is 0 Å². The van der Waals surface area contributed by atoms with E-state index in [1.54, 1.807) is 0 Å². The van der Waals surface area contributed by atoms with Crippen LogP contribution in [-0.4, -0.2) is 64.7 Å². The topological polar surface area (TPSA) is 102 Å². The molecule has 1 saturated heterocycles. The quantitative estimate of drug-likeness (QED) is 0.320. The first-order chi connectivity index (χ1) is 6.11. The monoisotopic (exact) mass is 193 g/mol. The molecule has 6 nitrogen and oxygen atoms in total. The molecule has 1 heterocycles. The van der Waals surface area contributed by atoms with Gasteiger partial charge in [-0.1, -0.05) is 0 Å². The number of hydrogen-bond donors (Lipinski definition) is 5. The lowest BCUT2D eigenvalue weighted by Gasteiger charge is -2.39. The Morgan fingerprint density at radius 1 is 1.23 bits per heavy atom. The molecule has 13 heavy (non-hydrogen) atoms. The van der Waals surface area contributed by atoms with Gasteiger partial charge in [0.15, 0.2) is 6.29 Å². The minimum atomic E-state index is -1.22. The molecular formula is C7H15NO5. The molecule has 5 atom stereocenters. The fourth-order valence-electron chi connectivity index (χ4n) is 1.41. The van der Waals surface area contributed by atoms with Crippen LogP contribution in [0.4, 0.5) is 0 Å². The average Bonchev–Trinajstić information content (AvgIpc) is 2.12. The van der Waals surface area contributed by atoms with Crippen LogP contribution in [-0.2, 0) is 4.74 Å². The number of ether oxygens (including phenoxy) is 1. The molecular weight excluding hydrogens is 178 g/mol. The van der Waals surface area contributed by atoms with Gasteiger partial charge in [0.05, 0.1) is 12.6 Å². The maximum Gasteiger partial charge on any atom is 0.173 e. The van der Waals surface area contributed by atoms with Gasteiger partial charge in [0.25, 0.3) is 0 Å². The molecule has 0 aliphatic carbocycles. The van der Waals surface area contributed by atoms with Crippen LogP contribution in [0.25, 0.3) is 0 Å². The smallest absolute Gasteiger partial charge is 0.173 e. The van der Waals surface area contributed by atoms with Gasteiger partial charge in [-0.3, -0.25) is 0 Å². The third kappa shape index (κ3) is 1.98. The van der Waals surface area contributed by atoms with E-state index in [0.717, 1.165) is 0 Å². The molecule has 0 saturated carbocycles. The van der Waals surface area contributed by atoms with Crippen LogP contribution >= 0.6 is 0 Å². The second kappa shape index (κ2) is 4.32. The predicted octanol–water partition coefficient (Wildman–Crippen LogP) is -2.99. The fourth-order valence-corrected chi connectivity index (χ4v) is 1.41. The van der Waals surface area contributed by atoms with Gasteiger partial charge in [-0.2, -0.15) is 0 Å². The fraction of sp³-hybridized carbons (Fsp3) is 1.00. The molecule has 0 amide bonds. The normalized spacial score (nSPS) is 46.4. The second-order valence-corrected chi connectivity index (χ2v) is 3.04. The zero-order valence-electron chi connectivity index (χ0n) is 7.29. The first kappa shape index (κ1) is 10.8. The van der Waals surface area contributed by atoms with Gasteiger partial charge in [0, 0.05) is 0 Å². The summed E-state index contributed by atoms with van der Waals surface area (Å²) in [7, 11) is 1.53. The van der Waals surface area contributed by atoms with E-state index in [0.29, 0.717) is 0 Å². The Morgan fingerprint density at radius 2 is 1.85 bits per heavy atom. The molecule has 0 aromatic rings. The van der Waals surface area contributed by atoms with Crippen molar-refractivity contribution < 1.29 is 25.2 Å². The average molecular weight is 193 g/mol. The highest BCUT2D eigenvalue weighted by atomic mass is 16.6. The van der Waals surface area contributed by atoms with Crippen LogP contribution in [0, 0.1) is 0 Å². The standard InChI is InChI=1S/C7H15NO5/c1-8-4-6(11)5(10)3(2-9)13-7(4)12/h3-12H,2H2,1H3/t3-,4-,5+,6-,7+/m1/s1. The number of likely N-dealkylation sites (N-methyl/N-ethyl adjacent to an activating group) is 1. The van der Waals surface area contributed by atoms with E-state index in [2.05, 4.69) is 5.32 Å². The van der Waals surface area contributed by atoms with Crippen molar-refractivity contribution in [3.8, 4) is 0 Å². The largest absolute Gasteiger partial charge is 0.394 e. The van der Waals surface area contributed by atoms with Crippen LogP contribution in [0.15, 0.2) is 0 Å². The minimum Gasteiger partial charge on any atom is -0.394 e. The highest BCUT2D eigenvalue weighted by molar-refractivity contribution is 4.91. The van der Waals surface area contributed by atoms with E-state index in [4.69, 9.17) is 9.84 Å². The van der Waals surface area contributed by atoms with Crippen molar-refractivity contribution in [2.75, 3.05) is 13.7 Å². The van der Waals surface area contributed by atoms with Crippen molar-refractivity contribution >= 4 is 0 Å². The summed E-state index contributed by atoms with van der Waals surface area (Å²) in [6.45, 7) is -0.439. The van der Waals surface area contributed by atoms with Crippen LogP contribution in [0.5, 0.6) is 0 Å². The Hall–Kier alpha value is -0.240. The van der Waals surface area contributed by atoms with Gasteiger partial charge < -0.3 is 30.5 Å². The zero-order chi connectivity index (χ0) is 10.0. The van der Waals surface area contributed by atoms with Crippen LogP contribution in [0.2, 0.25) is 0 Å². The van der Waals surface area contributed by atoms with Crippen molar-refractivity contribution in [1.29, 1.82) is 0 Å². The number of rotatable bonds is 2. The summed E-state index contributed by atoms with van der Waals surface area (Å²) in [5.74, 6) is 0. The van der Waals surface area contributed by atoms with E-state index in [-0.39, 0.29) is 0 Å². The van der Waals surface area contributed by atoms with Gasteiger partial charge in [0.1, 0.15) is 18.3 Å². The molecule has 1 rings (SSSR count). The molecule has 78 valence electrons. The van der Waals surface area contributed by atoms with Crippen molar-refractivity contribution in [1.82, 2.24) is 5.32 Å². The van der Waals surface area contributed by atoms with E-state index in [1.807, 2.05) is 0 Å². The number of nitrogens with one attached hydrogen (secondary N) is 1. The maximum absolute atomic E-state index is 9.45. The molecule has 0 spiro atoms. The van der Waals surface area contributed by atoms with Crippen molar-refractivity contribution in [2.45, 2.75) is 30.6 Å². The molecule has 1 fully saturated rings. The Kier molecular flexibility index (Phi) is 3.60. The third-order valence-electron chi connectivity index (χ3n) is 2.23. The highest BCUT2D eigenvalue weighted by Gasteiger charge is 2.42. The van der Waals surface area contributed by atoms with Gasteiger partial charge in [-0.25, -0.2) is 0 Å². The Morgan fingerprint density at radius 3 is 2.31 bits per heavy atom. The second-order valence-electron chi connectivity index (χ2n) is 3.04. The van der Waals surface area contributed by atoms with Gasteiger partial charge in [-0.15, -0.1) is 0 Å². The maximum atomic E-state index is 9.45. The molecule has 0 aromatic heterocycles. The van der Waals surface area contributed by atoms with E-state index < -0.39 is 37.3 Å². The molecule has 0 radical (unpaired) electrons. The first-order valence-electron chi connectivity index (χ1n) is 4.09. The number of hydrogen-bond acceptors (Lipinski definition) is 6. The van der Waals surface area contributed by atoms with Crippen molar-refractivity contribution in [3.63, 3.8) is 0 Å². The molecule has 0 aromatic carbocycles. The summed E-state index contributed by atoms with van der Waals surface area (Å²) >= 11 is 0. The molecule has 6 heteroatoms. The number of aliphatic hydroxyl groups is 4. The van der Waals surface area contributed by atoms with Crippen LogP contribution < -0.4 is 5.32 Å². The van der Waals surface area contributed by atoms with Gasteiger partial charge >= 0.3 is 0 Å². The Balaban J connectivity index is 2.66. The summed E-state index contributed by atoms with van der Waals surface area (Å²) in [5, 5.41) is 39.4. The lowest BCUT2D eigenvalue weighted by molar-refractivity contribution is -0.253. The summed E-state index contributed by atoms with van der Waals surface area (Å²) in [4.78, 5) is 0. The Bertz CT molecular complexity index is 167. The summed E-state index contributed by atoms with van der Waals surface area (Å²) in [6, 6.07) is -0.738. The summed E-state index contributed by atoms with van der Waals surface area (Å²) in [5.41, 5.74) is 0. The van der Waals surface area contributed by atoms with E-state index in [9.17, 15) is 15.3 Å². The van der Waals surface area contributed by atoms with Crippen molar-refractivity contribution in [2.24, 2.45) is 0 Å². The van der Waals surface area contributed by atoms with E-state index >= 15 is 0 Å². The lowest BCUT2D eigenvalue weighted by Crippen LogP contribution is -2.62. The van der Waals surface area contributed by atoms with Crippen LogP contribution in [0.3, 0.4) is 0 Å². The SMILES string of the molecule is CN[C@@H]1[C@@H](O)[C@@H](O)[C@@H](CO)O[C@@H]1O. The molecule has 0 unspecified atom stereocenters. The van der Waals surface area contributed by atoms with Crippen LogP contribution in [0.1, 0.15) is 0 Å². The van der Waals surface area contributed by atoms with E-state index in [1.165, 1.54) is 7.05 Å². The zero-order valence-corrected chi connectivity index (χ0v) is 7.29. The molecule has 5 N–H and O–H groups in total. The van der Waals surface area contributed by atoms with Crippen molar-refractivity contribution in [3.05, 3.63) is 0 Å². The minimum absolute atomic E-state index is 0.439. The van der Waals surface area contributed by atoms with Gasteiger partial charge in [-0.05, 0) is 7.05 Å². The third-order valence-corrected chi connectivity index (χ3v) is 2.23. The first-order valence-corrected chi connectivity index (χ1v) is 4.09. The summed E-state index contributed by atoms with van der Waals surface area (Å²) in [6.07, 6.45) is -4.49.